The van der Waals surface area contributed by atoms with Gasteiger partial charge in [-0.1, -0.05) is 6.92 Å². The molecule has 2 aromatic rings. The summed E-state index contributed by atoms with van der Waals surface area (Å²) in [5, 5.41) is 7.79. The van der Waals surface area contributed by atoms with Gasteiger partial charge >= 0.3 is 0 Å². The maximum atomic E-state index is 5.02. The van der Waals surface area contributed by atoms with Gasteiger partial charge in [-0.15, -0.1) is 0 Å². The minimum Gasteiger partial charge on any atom is -0.383 e. The fourth-order valence-corrected chi connectivity index (χ4v) is 2.09. The molecule has 0 bridgehead atoms. The van der Waals surface area contributed by atoms with Crippen LogP contribution in [0.2, 0.25) is 0 Å². The summed E-state index contributed by atoms with van der Waals surface area (Å²) in [6, 6.07) is 2.15. The third kappa shape index (κ3) is 3.68. The third-order valence-electron chi connectivity index (χ3n) is 3.29. The van der Waals surface area contributed by atoms with Crippen LogP contribution in [0.25, 0.3) is 0 Å². The summed E-state index contributed by atoms with van der Waals surface area (Å²) in [6.45, 7) is 5.20. The van der Waals surface area contributed by atoms with E-state index < -0.39 is 0 Å². The van der Waals surface area contributed by atoms with Crippen molar-refractivity contribution in [2.24, 2.45) is 7.05 Å². The fraction of sp³-hybridized carbons (Fsp3) is 0.571. The van der Waals surface area contributed by atoms with Crippen LogP contribution >= 0.6 is 0 Å². The first kappa shape index (κ1) is 14.7. The Labute approximate surface area is 119 Å². The van der Waals surface area contributed by atoms with Crippen LogP contribution in [0, 0.1) is 0 Å². The first-order valence-corrected chi connectivity index (χ1v) is 6.96. The second-order valence-electron chi connectivity index (χ2n) is 4.75. The Morgan fingerprint density at radius 2 is 2.25 bits per heavy atom. The van der Waals surface area contributed by atoms with Crippen LogP contribution in [0.15, 0.2) is 18.5 Å². The molecule has 0 aliphatic carbocycles. The first-order valence-electron chi connectivity index (χ1n) is 6.96. The Balaban J connectivity index is 1.98. The van der Waals surface area contributed by atoms with Gasteiger partial charge in [0, 0.05) is 33.1 Å². The minimum absolute atomic E-state index is 0.711. The maximum Gasteiger partial charge on any atom is 0.123 e. The highest BCUT2D eigenvalue weighted by Gasteiger charge is 2.07. The summed E-state index contributed by atoms with van der Waals surface area (Å²) < 4.78 is 9.11. The third-order valence-corrected chi connectivity index (χ3v) is 3.29. The molecular formula is C14H23N5O. The zero-order valence-electron chi connectivity index (χ0n) is 12.5. The van der Waals surface area contributed by atoms with E-state index in [-0.39, 0.29) is 0 Å². The quantitative estimate of drug-likeness (QED) is 0.730. The number of rotatable bonds is 8. The highest BCUT2D eigenvalue weighted by atomic mass is 16.5. The number of ether oxygens (including phenoxy) is 1. The summed E-state index contributed by atoms with van der Waals surface area (Å²) >= 11 is 0. The van der Waals surface area contributed by atoms with Crippen molar-refractivity contribution in [1.82, 2.24) is 24.6 Å². The molecule has 2 rings (SSSR count). The molecule has 0 radical (unpaired) electrons. The fourth-order valence-electron chi connectivity index (χ4n) is 2.09. The average Bonchev–Trinajstić information content (AvgIpc) is 3.03. The van der Waals surface area contributed by atoms with E-state index in [2.05, 4.69) is 33.0 Å². The molecule has 110 valence electrons. The monoisotopic (exact) mass is 277 g/mol. The van der Waals surface area contributed by atoms with Crippen LogP contribution in [0.4, 0.5) is 0 Å². The lowest BCUT2D eigenvalue weighted by molar-refractivity contribution is 0.199. The van der Waals surface area contributed by atoms with Gasteiger partial charge in [-0.3, -0.25) is 4.68 Å². The largest absolute Gasteiger partial charge is 0.383 e. The number of hydrogen-bond acceptors (Lipinski definition) is 4. The van der Waals surface area contributed by atoms with Crippen molar-refractivity contribution < 1.29 is 4.74 Å². The van der Waals surface area contributed by atoms with E-state index in [4.69, 9.17) is 4.74 Å². The molecule has 6 heteroatoms. The van der Waals surface area contributed by atoms with Gasteiger partial charge in [-0.25, -0.2) is 4.98 Å². The van der Waals surface area contributed by atoms with Gasteiger partial charge in [0.15, 0.2) is 0 Å². The number of aromatic nitrogens is 4. The van der Waals surface area contributed by atoms with Gasteiger partial charge in [0.2, 0.25) is 0 Å². The van der Waals surface area contributed by atoms with Crippen molar-refractivity contribution in [3.05, 3.63) is 35.7 Å². The van der Waals surface area contributed by atoms with Gasteiger partial charge in [0.05, 0.1) is 31.1 Å². The Bertz CT molecular complexity index is 531. The molecule has 6 nitrogen and oxygen atoms in total. The SMILES string of the molecule is CCc1cc(Cn2ccnc2CNCCOC)n(C)n1. The summed E-state index contributed by atoms with van der Waals surface area (Å²) in [5.41, 5.74) is 2.32. The lowest BCUT2D eigenvalue weighted by Gasteiger charge is -2.09. The van der Waals surface area contributed by atoms with Gasteiger partial charge in [0.25, 0.3) is 0 Å². The van der Waals surface area contributed by atoms with Gasteiger partial charge in [-0.05, 0) is 12.5 Å². The molecule has 0 aliphatic heterocycles. The highest BCUT2D eigenvalue weighted by Crippen LogP contribution is 2.08. The summed E-state index contributed by atoms with van der Waals surface area (Å²) in [5.74, 6) is 1.03. The molecule has 20 heavy (non-hydrogen) atoms. The van der Waals surface area contributed by atoms with E-state index >= 15 is 0 Å². The van der Waals surface area contributed by atoms with Crippen LogP contribution in [0.1, 0.15) is 24.1 Å². The summed E-state index contributed by atoms with van der Waals surface area (Å²) in [6.07, 6.45) is 4.81. The summed E-state index contributed by atoms with van der Waals surface area (Å²) in [7, 11) is 3.69. The van der Waals surface area contributed by atoms with Crippen molar-refractivity contribution in [1.29, 1.82) is 0 Å². The topological polar surface area (TPSA) is 56.9 Å². The van der Waals surface area contributed by atoms with Gasteiger partial charge < -0.3 is 14.6 Å². The lowest BCUT2D eigenvalue weighted by Crippen LogP contribution is -2.21. The van der Waals surface area contributed by atoms with Crippen molar-refractivity contribution in [3.63, 3.8) is 0 Å². The first-order chi connectivity index (χ1) is 9.74. The molecular weight excluding hydrogens is 254 g/mol. The zero-order valence-corrected chi connectivity index (χ0v) is 12.5. The Hall–Kier alpha value is -1.66. The summed E-state index contributed by atoms with van der Waals surface area (Å²) in [4.78, 5) is 4.40. The van der Waals surface area contributed by atoms with Crippen LogP contribution in [-0.4, -0.2) is 39.6 Å². The van der Waals surface area contributed by atoms with Crippen molar-refractivity contribution in [2.45, 2.75) is 26.4 Å². The second-order valence-corrected chi connectivity index (χ2v) is 4.75. The molecule has 0 fully saturated rings. The molecule has 1 N–H and O–H groups in total. The van der Waals surface area contributed by atoms with E-state index in [0.717, 1.165) is 37.6 Å². The minimum atomic E-state index is 0.711. The number of nitrogens with zero attached hydrogens (tertiary/aromatic N) is 4. The van der Waals surface area contributed by atoms with Crippen molar-refractivity contribution in [3.8, 4) is 0 Å². The molecule has 0 saturated carbocycles. The Morgan fingerprint density at radius 3 is 2.95 bits per heavy atom. The smallest absolute Gasteiger partial charge is 0.123 e. The highest BCUT2D eigenvalue weighted by molar-refractivity contribution is 5.11. The number of aryl methyl sites for hydroxylation is 2. The Morgan fingerprint density at radius 1 is 1.40 bits per heavy atom. The van der Waals surface area contributed by atoms with Crippen LogP contribution in [-0.2, 0) is 31.3 Å². The van der Waals surface area contributed by atoms with Crippen LogP contribution < -0.4 is 5.32 Å². The molecule has 0 aliphatic rings. The molecule has 0 atom stereocenters. The molecule has 2 heterocycles. The van der Waals surface area contributed by atoms with E-state index in [1.807, 2.05) is 24.1 Å². The van der Waals surface area contributed by atoms with Gasteiger partial charge in [-0.2, -0.15) is 5.10 Å². The maximum absolute atomic E-state index is 5.02. The van der Waals surface area contributed by atoms with E-state index in [1.54, 1.807) is 7.11 Å². The van der Waals surface area contributed by atoms with Crippen molar-refractivity contribution in [2.75, 3.05) is 20.3 Å². The number of methoxy groups -OCH3 is 1. The predicted octanol–water partition coefficient (Wildman–Crippen LogP) is 0.963. The van der Waals surface area contributed by atoms with E-state index in [0.29, 0.717) is 6.61 Å². The number of nitrogens with one attached hydrogen (secondary N) is 1. The molecule has 2 aromatic heterocycles. The molecule has 0 aromatic carbocycles. The predicted molar refractivity (Wildman–Crippen MR) is 77.5 cm³/mol. The van der Waals surface area contributed by atoms with E-state index in [9.17, 15) is 0 Å². The van der Waals surface area contributed by atoms with E-state index in [1.165, 1.54) is 5.69 Å². The standard InChI is InChI=1S/C14H23N5O/c1-4-12-9-13(18(2)17-12)11-19-7-5-16-14(19)10-15-6-8-20-3/h5,7,9,15H,4,6,8,10-11H2,1-3H3. The molecule has 0 amide bonds. The van der Waals surface area contributed by atoms with Crippen LogP contribution in [0.3, 0.4) is 0 Å². The molecule has 0 saturated heterocycles. The van der Waals surface area contributed by atoms with Gasteiger partial charge in [0.1, 0.15) is 5.82 Å². The zero-order chi connectivity index (χ0) is 14.4. The average molecular weight is 277 g/mol. The van der Waals surface area contributed by atoms with Crippen LogP contribution in [0.5, 0.6) is 0 Å². The number of hydrogen-bond donors (Lipinski definition) is 1. The molecule has 0 unspecified atom stereocenters. The normalized spacial score (nSPS) is 11.2. The van der Waals surface area contributed by atoms with Crippen molar-refractivity contribution >= 4 is 0 Å². The Kier molecular flexibility index (Phi) is 5.31. The number of imidazole rings is 1. The lowest BCUT2D eigenvalue weighted by atomic mass is 10.3. The molecule has 0 spiro atoms. The second kappa shape index (κ2) is 7.21.